The van der Waals surface area contributed by atoms with Gasteiger partial charge in [0.05, 0.1) is 4.90 Å². The average molecular weight is 272 g/mol. The molecule has 0 unspecified atom stereocenters. The van der Waals surface area contributed by atoms with Crippen molar-refractivity contribution in [2.24, 2.45) is 0 Å². The Morgan fingerprint density at radius 3 is 2.65 bits per heavy atom. The van der Waals surface area contributed by atoms with Gasteiger partial charge in [-0.1, -0.05) is 6.07 Å². The number of sulfonamides is 1. The van der Waals surface area contributed by atoms with Gasteiger partial charge in [0.15, 0.2) is 0 Å². The highest BCUT2D eigenvalue weighted by molar-refractivity contribution is 7.99. The van der Waals surface area contributed by atoms with Crippen LogP contribution in [0.15, 0.2) is 29.2 Å². The smallest absolute Gasteiger partial charge is 0.240 e. The summed E-state index contributed by atoms with van der Waals surface area (Å²) >= 11 is 1.87. The van der Waals surface area contributed by atoms with Crippen molar-refractivity contribution in [3.63, 3.8) is 0 Å². The molecule has 17 heavy (non-hydrogen) atoms. The summed E-state index contributed by atoms with van der Waals surface area (Å²) in [6.45, 7) is 0. The number of hydrogen-bond acceptors (Lipinski definition) is 4. The molecule has 0 atom stereocenters. The van der Waals surface area contributed by atoms with Crippen molar-refractivity contribution in [3.05, 3.63) is 24.3 Å². The molecule has 1 saturated heterocycles. The molecule has 0 saturated carbocycles. The summed E-state index contributed by atoms with van der Waals surface area (Å²) in [6, 6.07) is 6.44. The molecule has 0 spiro atoms. The molecule has 0 bridgehead atoms. The van der Waals surface area contributed by atoms with Crippen LogP contribution in [-0.4, -0.2) is 26.0 Å². The second kappa shape index (κ2) is 5.29. The molecule has 0 radical (unpaired) electrons. The predicted octanol–water partition coefficient (Wildman–Crippen LogP) is 1.44. The Hall–Kier alpha value is -0.720. The minimum atomic E-state index is -3.42. The summed E-state index contributed by atoms with van der Waals surface area (Å²) in [5, 5.41) is 0. The molecule has 0 aromatic heterocycles. The lowest BCUT2D eigenvalue weighted by molar-refractivity contribution is 0.529. The maximum atomic E-state index is 12.1. The van der Waals surface area contributed by atoms with Gasteiger partial charge in [0.1, 0.15) is 0 Å². The van der Waals surface area contributed by atoms with E-state index >= 15 is 0 Å². The van der Waals surface area contributed by atoms with Gasteiger partial charge in [-0.25, -0.2) is 13.1 Å². The SMILES string of the molecule is Nc1cccc(S(=O)(=O)NC2CCSCC2)c1. The molecule has 0 aliphatic carbocycles. The van der Waals surface area contributed by atoms with Crippen LogP contribution in [0.1, 0.15) is 12.8 Å². The molecule has 3 N–H and O–H groups in total. The minimum Gasteiger partial charge on any atom is -0.399 e. The predicted molar refractivity (Wildman–Crippen MR) is 71.5 cm³/mol. The van der Waals surface area contributed by atoms with Crippen LogP contribution < -0.4 is 10.5 Å². The van der Waals surface area contributed by atoms with Crippen LogP contribution in [0.5, 0.6) is 0 Å². The van der Waals surface area contributed by atoms with Crippen LogP contribution in [0, 0.1) is 0 Å². The van der Waals surface area contributed by atoms with Crippen LogP contribution in [-0.2, 0) is 10.0 Å². The highest BCUT2D eigenvalue weighted by Gasteiger charge is 2.21. The lowest BCUT2D eigenvalue weighted by Gasteiger charge is -2.22. The van der Waals surface area contributed by atoms with E-state index in [0.29, 0.717) is 5.69 Å². The van der Waals surface area contributed by atoms with E-state index in [1.54, 1.807) is 18.2 Å². The minimum absolute atomic E-state index is 0.0580. The maximum Gasteiger partial charge on any atom is 0.240 e. The quantitative estimate of drug-likeness (QED) is 0.817. The van der Waals surface area contributed by atoms with Crippen LogP contribution in [0.2, 0.25) is 0 Å². The van der Waals surface area contributed by atoms with Crippen LogP contribution in [0.25, 0.3) is 0 Å². The Bertz CT molecular complexity index is 482. The van der Waals surface area contributed by atoms with Gasteiger partial charge >= 0.3 is 0 Å². The number of hydrogen-bond donors (Lipinski definition) is 2. The Kier molecular flexibility index (Phi) is 3.96. The summed E-state index contributed by atoms with van der Waals surface area (Å²) in [5.74, 6) is 2.04. The Morgan fingerprint density at radius 1 is 1.29 bits per heavy atom. The standard InChI is InChI=1S/C11H16N2O2S2/c12-9-2-1-3-11(8-9)17(14,15)13-10-4-6-16-7-5-10/h1-3,8,10,13H,4-7,12H2. The molecule has 1 fully saturated rings. The van der Waals surface area contributed by atoms with Gasteiger partial charge in [-0.15, -0.1) is 0 Å². The number of nitrogens with two attached hydrogens (primary N) is 1. The first-order valence-corrected chi connectivity index (χ1v) is 8.17. The zero-order valence-electron chi connectivity index (χ0n) is 9.43. The fourth-order valence-corrected chi connectivity index (χ4v) is 4.25. The number of nitrogen functional groups attached to an aromatic ring is 1. The van der Waals surface area contributed by atoms with Crippen molar-refractivity contribution < 1.29 is 8.42 Å². The van der Waals surface area contributed by atoms with Crippen molar-refractivity contribution in [2.75, 3.05) is 17.2 Å². The van der Waals surface area contributed by atoms with Crippen molar-refractivity contribution in [2.45, 2.75) is 23.8 Å². The zero-order chi connectivity index (χ0) is 12.3. The van der Waals surface area contributed by atoms with Crippen molar-refractivity contribution in [3.8, 4) is 0 Å². The van der Waals surface area contributed by atoms with Crippen LogP contribution in [0.3, 0.4) is 0 Å². The molecule has 6 heteroatoms. The first-order chi connectivity index (χ1) is 8.08. The third-order valence-corrected chi connectivity index (χ3v) is 5.28. The summed E-state index contributed by atoms with van der Waals surface area (Å²) in [7, 11) is -3.42. The second-order valence-corrected chi connectivity index (χ2v) is 7.02. The van der Waals surface area contributed by atoms with Gasteiger partial charge in [-0.2, -0.15) is 11.8 Å². The fraction of sp³-hybridized carbons (Fsp3) is 0.455. The Morgan fingerprint density at radius 2 is 2.00 bits per heavy atom. The van der Waals surface area contributed by atoms with Gasteiger partial charge < -0.3 is 5.73 Å². The van der Waals surface area contributed by atoms with E-state index in [1.807, 2.05) is 11.8 Å². The summed E-state index contributed by atoms with van der Waals surface area (Å²) in [5.41, 5.74) is 6.06. The number of anilines is 1. The number of rotatable bonds is 3. The molecule has 2 rings (SSSR count). The van der Waals surface area contributed by atoms with E-state index in [4.69, 9.17) is 5.73 Å². The molecule has 1 aliphatic heterocycles. The van der Waals surface area contributed by atoms with Gasteiger partial charge in [0.25, 0.3) is 0 Å². The Balaban J connectivity index is 2.13. The fourth-order valence-electron chi connectivity index (χ4n) is 1.78. The molecular weight excluding hydrogens is 256 g/mol. The highest BCUT2D eigenvalue weighted by Crippen LogP contribution is 2.20. The van der Waals surface area contributed by atoms with Crippen molar-refractivity contribution in [1.82, 2.24) is 4.72 Å². The first kappa shape index (κ1) is 12.7. The van der Waals surface area contributed by atoms with Crippen molar-refractivity contribution >= 4 is 27.5 Å². The average Bonchev–Trinajstić information content (AvgIpc) is 2.30. The third kappa shape index (κ3) is 3.37. The molecular formula is C11H16N2O2S2. The van der Waals surface area contributed by atoms with E-state index < -0.39 is 10.0 Å². The lowest BCUT2D eigenvalue weighted by Crippen LogP contribution is -2.37. The number of thioether (sulfide) groups is 1. The van der Waals surface area contributed by atoms with E-state index in [0.717, 1.165) is 24.3 Å². The highest BCUT2D eigenvalue weighted by atomic mass is 32.2. The van der Waals surface area contributed by atoms with Gasteiger partial charge in [-0.3, -0.25) is 0 Å². The summed E-state index contributed by atoms with van der Waals surface area (Å²) < 4.78 is 26.9. The molecule has 0 amide bonds. The normalized spacial score (nSPS) is 18.1. The van der Waals surface area contributed by atoms with E-state index in [-0.39, 0.29) is 10.9 Å². The number of nitrogens with one attached hydrogen (secondary N) is 1. The summed E-state index contributed by atoms with van der Waals surface area (Å²) in [6.07, 6.45) is 1.79. The molecule has 94 valence electrons. The van der Waals surface area contributed by atoms with Gasteiger partial charge in [-0.05, 0) is 42.5 Å². The molecule has 1 aromatic rings. The van der Waals surface area contributed by atoms with Gasteiger partial charge in [0, 0.05) is 11.7 Å². The zero-order valence-corrected chi connectivity index (χ0v) is 11.1. The van der Waals surface area contributed by atoms with Crippen LogP contribution >= 0.6 is 11.8 Å². The van der Waals surface area contributed by atoms with Crippen molar-refractivity contribution in [1.29, 1.82) is 0 Å². The molecule has 4 nitrogen and oxygen atoms in total. The molecule has 1 heterocycles. The third-order valence-electron chi connectivity index (χ3n) is 2.71. The van der Waals surface area contributed by atoms with E-state index in [1.165, 1.54) is 6.07 Å². The summed E-state index contributed by atoms with van der Waals surface area (Å²) in [4.78, 5) is 0.246. The van der Waals surface area contributed by atoms with Crippen LogP contribution in [0.4, 0.5) is 5.69 Å². The van der Waals surface area contributed by atoms with Gasteiger partial charge in [0.2, 0.25) is 10.0 Å². The lowest BCUT2D eigenvalue weighted by atomic mass is 10.2. The van der Waals surface area contributed by atoms with E-state index in [9.17, 15) is 8.42 Å². The number of benzene rings is 1. The maximum absolute atomic E-state index is 12.1. The first-order valence-electron chi connectivity index (χ1n) is 5.53. The topological polar surface area (TPSA) is 72.2 Å². The Labute approximate surface area is 106 Å². The monoisotopic (exact) mass is 272 g/mol. The second-order valence-electron chi connectivity index (χ2n) is 4.08. The largest absolute Gasteiger partial charge is 0.399 e. The molecule has 1 aromatic carbocycles. The van der Waals surface area contributed by atoms with E-state index in [2.05, 4.69) is 4.72 Å². The molecule has 1 aliphatic rings.